The number of carbonyl (C=O) groups is 5. The molecule has 0 aliphatic heterocycles. The van der Waals surface area contributed by atoms with E-state index in [1.807, 2.05) is 41.5 Å². The zero-order valence-electron chi connectivity index (χ0n) is 28.7. The van der Waals surface area contributed by atoms with Crippen LogP contribution in [0.3, 0.4) is 0 Å². The lowest BCUT2D eigenvalue weighted by atomic mass is 10.0. The lowest BCUT2D eigenvalue weighted by molar-refractivity contribution is -0.131. The van der Waals surface area contributed by atoms with Crippen LogP contribution in [0.2, 0.25) is 0 Å². The average molecular weight is 647 g/mol. The van der Waals surface area contributed by atoms with Crippen molar-refractivity contribution in [2.75, 3.05) is 13.1 Å². The number of H-pyrrole nitrogens is 1. The molecule has 0 fully saturated rings. The summed E-state index contributed by atoms with van der Waals surface area (Å²) in [6.45, 7) is 17.3. The largest absolute Gasteiger partial charge is 0.355 e. The minimum atomic E-state index is -1.08. The third-order valence-electron chi connectivity index (χ3n) is 7.33. The summed E-state index contributed by atoms with van der Waals surface area (Å²) in [5.74, 6) is -2.09. The molecule has 0 saturated carbocycles. The molecule has 14 nitrogen and oxygen atoms in total. The van der Waals surface area contributed by atoms with Gasteiger partial charge in [0.15, 0.2) is 0 Å². The highest BCUT2D eigenvalue weighted by Crippen LogP contribution is 2.09. The van der Waals surface area contributed by atoms with Gasteiger partial charge in [0, 0.05) is 25.2 Å². The van der Waals surface area contributed by atoms with E-state index in [-0.39, 0.29) is 47.8 Å². The van der Waals surface area contributed by atoms with Crippen LogP contribution in [0, 0.1) is 11.8 Å². The third-order valence-corrected chi connectivity index (χ3v) is 7.33. The second kappa shape index (κ2) is 20.1. The number of aromatic nitrogens is 2. The molecule has 0 bridgehead atoms. The molecule has 0 unspecified atom stereocenters. The van der Waals surface area contributed by atoms with Crippen LogP contribution in [0.4, 0.5) is 0 Å². The molecule has 258 valence electrons. The molecule has 0 aliphatic carbocycles. The second-order valence-electron chi connectivity index (χ2n) is 12.2. The quantitative estimate of drug-likeness (QED) is 0.107. The summed E-state index contributed by atoms with van der Waals surface area (Å²) in [5.41, 5.74) is 0.0100. The van der Waals surface area contributed by atoms with Gasteiger partial charge in [0.2, 0.25) is 23.6 Å². The minimum Gasteiger partial charge on any atom is -0.355 e. The van der Waals surface area contributed by atoms with E-state index < -0.39 is 41.5 Å². The number of hydrogen-bond donors (Lipinski definition) is 7. The lowest BCUT2D eigenvalue weighted by Gasteiger charge is -2.28. The molecule has 5 amide bonds. The number of allylic oxidation sites excluding steroid dienone is 1. The van der Waals surface area contributed by atoms with Gasteiger partial charge < -0.3 is 31.9 Å². The van der Waals surface area contributed by atoms with Crippen molar-refractivity contribution >= 4 is 29.5 Å². The van der Waals surface area contributed by atoms with Crippen molar-refractivity contribution in [3.8, 4) is 0 Å². The molecular formula is C32H54N8O6. The van der Waals surface area contributed by atoms with Gasteiger partial charge in [-0.05, 0) is 64.0 Å². The molecule has 0 aliphatic rings. The molecule has 7 N–H and O–H groups in total. The van der Waals surface area contributed by atoms with E-state index in [2.05, 4.69) is 42.1 Å². The molecule has 46 heavy (non-hydrogen) atoms. The van der Waals surface area contributed by atoms with Crippen molar-refractivity contribution < 1.29 is 24.0 Å². The number of likely N-dealkylation sites (N-methyl/N-ethyl adjacent to an activating group) is 1. The Morgan fingerprint density at radius 1 is 0.891 bits per heavy atom. The Morgan fingerprint density at radius 2 is 1.57 bits per heavy atom. The summed E-state index contributed by atoms with van der Waals surface area (Å²) >= 11 is 0. The van der Waals surface area contributed by atoms with E-state index in [1.54, 1.807) is 26.8 Å². The zero-order valence-corrected chi connectivity index (χ0v) is 28.7. The van der Waals surface area contributed by atoms with Crippen LogP contribution >= 0.6 is 0 Å². The van der Waals surface area contributed by atoms with Crippen molar-refractivity contribution in [1.29, 1.82) is 0 Å². The highest BCUT2D eigenvalue weighted by molar-refractivity contribution is 5.98. The van der Waals surface area contributed by atoms with Crippen molar-refractivity contribution in [3.05, 3.63) is 39.8 Å². The van der Waals surface area contributed by atoms with Crippen molar-refractivity contribution in [2.24, 2.45) is 11.8 Å². The van der Waals surface area contributed by atoms with Crippen LogP contribution in [0.5, 0.6) is 0 Å². The van der Waals surface area contributed by atoms with Crippen LogP contribution in [0.15, 0.2) is 28.6 Å². The maximum atomic E-state index is 13.5. The highest BCUT2D eigenvalue weighted by Gasteiger charge is 2.30. The molecule has 0 saturated heterocycles. The first-order valence-corrected chi connectivity index (χ1v) is 16.1. The molecule has 5 atom stereocenters. The Bertz CT molecular complexity index is 1240. The maximum Gasteiger partial charge on any atom is 0.272 e. The summed E-state index contributed by atoms with van der Waals surface area (Å²) in [5, 5.41) is 23.1. The Hall–Kier alpha value is -4.07. The van der Waals surface area contributed by atoms with E-state index in [4.69, 9.17) is 0 Å². The first-order valence-electron chi connectivity index (χ1n) is 16.1. The molecule has 0 spiro atoms. The van der Waals surface area contributed by atoms with Crippen LogP contribution < -0.4 is 37.5 Å². The zero-order chi connectivity index (χ0) is 35.0. The SMILES string of the molecule is C/C=C(\C)[C@H](NC(=O)c1ccc(=O)[nH]n1)C(=O)N[C@@H](CCC)C(=O)N[C@H](CN[C@@H](C)C(=O)N[C@H](C(=O)NCC)C(C)C)CC(C)C. The topological polar surface area (TPSA) is 203 Å². The summed E-state index contributed by atoms with van der Waals surface area (Å²) in [4.78, 5) is 76.4. The molecule has 1 heterocycles. The monoisotopic (exact) mass is 646 g/mol. The van der Waals surface area contributed by atoms with Gasteiger partial charge in [0.05, 0.1) is 6.04 Å². The standard InChI is InChI=1S/C32H54N8O6/c1-10-13-23(36-32(46)27(20(8)11-2)38-30(44)24-14-15-25(41)40-39-24)29(43)35-22(16-18(4)5)17-34-21(9)28(42)37-26(19(6)7)31(45)33-12-3/h11,14-15,18-19,21-23,26-27,34H,10,12-13,16-17H2,1-9H3,(H,33,45)(H,35,43)(H,36,46)(H,37,42)(H,38,44)(H,40,41)/b20-11+/t21-,22-,23-,26-,27-/m0/s1. The maximum absolute atomic E-state index is 13.5. The smallest absolute Gasteiger partial charge is 0.272 e. The molecule has 0 aromatic carbocycles. The van der Waals surface area contributed by atoms with Crippen LogP contribution in [0.1, 0.15) is 92.1 Å². The summed E-state index contributed by atoms with van der Waals surface area (Å²) in [6.07, 6.45) is 3.24. The Labute approximate surface area is 272 Å². The van der Waals surface area contributed by atoms with E-state index >= 15 is 0 Å². The normalized spacial score (nSPS) is 14.9. The van der Waals surface area contributed by atoms with Gasteiger partial charge in [0.1, 0.15) is 23.8 Å². The minimum absolute atomic E-state index is 0.0694. The number of nitrogens with zero attached hydrogens (tertiary/aromatic N) is 1. The van der Waals surface area contributed by atoms with Gasteiger partial charge in [-0.25, -0.2) is 5.10 Å². The number of amides is 5. The molecule has 14 heteroatoms. The van der Waals surface area contributed by atoms with Crippen LogP contribution in [-0.2, 0) is 19.2 Å². The van der Waals surface area contributed by atoms with E-state index in [1.165, 1.54) is 6.07 Å². The van der Waals surface area contributed by atoms with Gasteiger partial charge in [-0.2, -0.15) is 5.10 Å². The van der Waals surface area contributed by atoms with Gasteiger partial charge in [-0.1, -0.05) is 47.1 Å². The third kappa shape index (κ3) is 13.5. The van der Waals surface area contributed by atoms with E-state index in [0.717, 1.165) is 6.07 Å². The number of hydrogen-bond acceptors (Lipinski definition) is 8. The van der Waals surface area contributed by atoms with Crippen LogP contribution in [0.25, 0.3) is 0 Å². The summed E-state index contributed by atoms with van der Waals surface area (Å²) in [6, 6.07) is -1.23. The van der Waals surface area contributed by atoms with Crippen molar-refractivity contribution in [1.82, 2.24) is 42.1 Å². The number of carbonyl (C=O) groups excluding carboxylic acids is 5. The van der Waals surface area contributed by atoms with Gasteiger partial charge in [0.25, 0.3) is 11.5 Å². The fourth-order valence-electron chi connectivity index (χ4n) is 4.61. The number of nitrogens with one attached hydrogen (secondary N) is 7. The van der Waals surface area contributed by atoms with Gasteiger partial charge >= 0.3 is 0 Å². The Morgan fingerprint density at radius 3 is 2.09 bits per heavy atom. The first-order chi connectivity index (χ1) is 21.6. The van der Waals surface area contributed by atoms with E-state index in [0.29, 0.717) is 31.4 Å². The molecule has 0 radical (unpaired) electrons. The fourth-order valence-corrected chi connectivity index (χ4v) is 4.61. The first kappa shape index (κ1) is 40.0. The average Bonchev–Trinajstić information content (AvgIpc) is 3.00. The van der Waals surface area contributed by atoms with Crippen molar-refractivity contribution in [3.63, 3.8) is 0 Å². The van der Waals surface area contributed by atoms with Gasteiger partial charge in [-0.15, -0.1) is 0 Å². The Balaban J connectivity index is 2.99. The molecule has 1 aromatic heterocycles. The van der Waals surface area contributed by atoms with Crippen LogP contribution in [-0.4, -0.2) is 83.0 Å². The summed E-state index contributed by atoms with van der Waals surface area (Å²) < 4.78 is 0. The second-order valence-corrected chi connectivity index (χ2v) is 12.2. The predicted molar refractivity (Wildman–Crippen MR) is 177 cm³/mol. The molecule has 1 rings (SSSR count). The number of aromatic amines is 1. The fraction of sp³-hybridized carbons (Fsp3) is 0.656. The summed E-state index contributed by atoms with van der Waals surface area (Å²) in [7, 11) is 0. The molecular weight excluding hydrogens is 592 g/mol. The molecule has 1 aromatic rings. The van der Waals surface area contributed by atoms with Gasteiger partial charge in [-0.3, -0.25) is 28.8 Å². The number of rotatable bonds is 19. The Kier molecular flexibility index (Phi) is 17.5. The highest BCUT2D eigenvalue weighted by atomic mass is 16.2. The predicted octanol–water partition coefficient (Wildman–Crippen LogP) is 0.905. The van der Waals surface area contributed by atoms with E-state index in [9.17, 15) is 28.8 Å². The lowest BCUT2D eigenvalue weighted by Crippen LogP contribution is -2.57. The van der Waals surface area contributed by atoms with Crippen molar-refractivity contribution in [2.45, 2.75) is 112 Å².